The minimum atomic E-state index is -0.675. The standard InChI is InChI=1S/C24H26ClFN2O4S/c1-28(17-7-3-2-4-8-17)23(30)15-33-21-10-6-5-9-18(21)24(31)32-14-22(29)27-20-12-11-16(26)13-19(20)25/h5-6,9-13,17H,2-4,7-8,14-15H2,1H3,(H,27,29). The summed E-state index contributed by atoms with van der Waals surface area (Å²) in [6.45, 7) is -0.533. The lowest BCUT2D eigenvalue weighted by Crippen LogP contribution is -2.39. The predicted molar refractivity (Wildman–Crippen MR) is 127 cm³/mol. The average Bonchev–Trinajstić information content (AvgIpc) is 2.83. The van der Waals surface area contributed by atoms with Gasteiger partial charge in [-0.3, -0.25) is 9.59 Å². The van der Waals surface area contributed by atoms with Crippen LogP contribution in [0.5, 0.6) is 0 Å². The van der Waals surface area contributed by atoms with Gasteiger partial charge in [0, 0.05) is 18.0 Å². The third-order valence-corrected chi connectivity index (χ3v) is 6.88. The van der Waals surface area contributed by atoms with Gasteiger partial charge in [-0.1, -0.05) is 43.0 Å². The van der Waals surface area contributed by atoms with Gasteiger partial charge < -0.3 is 15.0 Å². The van der Waals surface area contributed by atoms with Crippen molar-refractivity contribution in [2.75, 3.05) is 24.7 Å². The molecule has 2 aromatic rings. The van der Waals surface area contributed by atoms with E-state index < -0.39 is 24.3 Å². The Kier molecular flexibility index (Phi) is 9.14. The molecule has 176 valence electrons. The quantitative estimate of drug-likeness (QED) is 0.407. The monoisotopic (exact) mass is 492 g/mol. The fourth-order valence-electron chi connectivity index (χ4n) is 3.66. The van der Waals surface area contributed by atoms with Crippen LogP contribution in [0.2, 0.25) is 5.02 Å². The summed E-state index contributed by atoms with van der Waals surface area (Å²) in [4.78, 5) is 39.7. The van der Waals surface area contributed by atoms with Crippen molar-refractivity contribution in [3.8, 4) is 0 Å². The summed E-state index contributed by atoms with van der Waals surface area (Å²) >= 11 is 7.16. The van der Waals surface area contributed by atoms with Crippen molar-refractivity contribution in [1.29, 1.82) is 0 Å². The van der Waals surface area contributed by atoms with Crippen molar-refractivity contribution >= 4 is 46.8 Å². The molecule has 1 fully saturated rings. The molecule has 0 atom stereocenters. The zero-order valence-corrected chi connectivity index (χ0v) is 19.9. The molecule has 2 amide bonds. The summed E-state index contributed by atoms with van der Waals surface area (Å²) in [5.41, 5.74) is 0.499. The summed E-state index contributed by atoms with van der Waals surface area (Å²) in [5, 5.41) is 2.51. The molecule has 0 unspecified atom stereocenters. The highest BCUT2D eigenvalue weighted by Crippen LogP contribution is 2.26. The van der Waals surface area contributed by atoms with E-state index in [4.69, 9.17) is 16.3 Å². The van der Waals surface area contributed by atoms with Crippen LogP contribution in [0, 0.1) is 5.82 Å². The molecule has 0 aromatic heterocycles. The second-order valence-electron chi connectivity index (χ2n) is 7.83. The number of benzene rings is 2. The van der Waals surface area contributed by atoms with Gasteiger partial charge in [0.25, 0.3) is 5.91 Å². The van der Waals surface area contributed by atoms with Gasteiger partial charge in [-0.2, -0.15) is 0 Å². The van der Waals surface area contributed by atoms with E-state index in [1.807, 2.05) is 11.9 Å². The second kappa shape index (κ2) is 12.0. The zero-order valence-electron chi connectivity index (χ0n) is 18.3. The molecule has 0 saturated heterocycles. The number of hydrogen-bond acceptors (Lipinski definition) is 5. The minimum absolute atomic E-state index is 0.0191. The molecule has 0 spiro atoms. The Morgan fingerprint density at radius 2 is 1.88 bits per heavy atom. The van der Waals surface area contributed by atoms with Crippen LogP contribution in [0.15, 0.2) is 47.4 Å². The highest BCUT2D eigenvalue weighted by molar-refractivity contribution is 8.00. The molecule has 1 aliphatic rings. The first-order chi connectivity index (χ1) is 15.8. The van der Waals surface area contributed by atoms with Crippen molar-refractivity contribution in [2.24, 2.45) is 0 Å². The van der Waals surface area contributed by atoms with E-state index in [0.717, 1.165) is 37.8 Å². The van der Waals surface area contributed by atoms with Gasteiger partial charge >= 0.3 is 5.97 Å². The van der Waals surface area contributed by atoms with Crippen LogP contribution in [0.1, 0.15) is 42.5 Å². The largest absolute Gasteiger partial charge is 0.452 e. The highest BCUT2D eigenvalue weighted by atomic mass is 35.5. The van der Waals surface area contributed by atoms with Crippen LogP contribution in [-0.2, 0) is 14.3 Å². The summed E-state index contributed by atoms with van der Waals surface area (Å²) in [6, 6.07) is 10.6. The molecule has 1 aliphatic carbocycles. The third-order valence-electron chi connectivity index (χ3n) is 5.51. The molecule has 0 bridgehead atoms. The Morgan fingerprint density at radius 3 is 2.61 bits per heavy atom. The normalized spacial score (nSPS) is 13.9. The van der Waals surface area contributed by atoms with E-state index in [-0.39, 0.29) is 34.0 Å². The summed E-state index contributed by atoms with van der Waals surface area (Å²) in [7, 11) is 1.84. The summed E-state index contributed by atoms with van der Waals surface area (Å²) in [5.74, 6) is -1.58. The van der Waals surface area contributed by atoms with E-state index in [2.05, 4.69) is 5.32 Å². The smallest absolute Gasteiger partial charge is 0.339 e. The minimum Gasteiger partial charge on any atom is -0.452 e. The molecule has 0 radical (unpaired) electrons. The zero-order chi connectivity index (χ0) is 23.8. The van der Waals surface area contributed by atoms with Crippen LogP contribution in [0.3, 0.4) is 0 Å². The maximum atomic E-state index is 13.1. The summed E-state index contributed by atoms with van der Waals surface area (Å²) < 4.78 is 18.3. The Bertz CT molecular complexity index is 1010. The number of rotatable bonds is 8. The molecule has 33 heavy (non-hydrogen) atoms. The summed E-state index contributed by atoms with van der Waals surface area (Å²) in [6.07, 6.45) is 5.57. The SMILES string of the molecule is CN(C(=O)CSc1ccccc1C(=O)OCC(=O)Nc1ccc(F)cc1Cl)C1CCCCC1. The van der Waals surface area contributed by atoms with Gasteiger partial charge in [0.1, 0.15) is 5.82 Å². The number of carbonyl (C=O) groups excluding carboxylic acids is 3. The number of carbonyl (C=O) groups is 3. The molecule has 2 aromatic carbocycles. The van der Waals surface area contributed by atoms with Gasteiger partial charge in [-0.05, 0) is 43.2 Å². The van der Waals surface area contributed by atoms with Crippen molar-refractivity contribution in [3.63, 3.8) is 0 Å². The molecule has 1 N–H and O–H groups in total. The third kappa shape index (κ3) is 7.20. The Balaban J connectivity index is 1.53. The second-order valence-corrected chi connectivity index (χ2v) is 9.25. The fourth-order valence-corrected chi connectivity index (χ4v) is 4.84. The molecule has 0 aliphatic heterocycles. The van der Waals surface area contributed by atoms with Crippen molar-refractivity contribution in [2.45, 2.75) is 43.0 Å². The van der Waals surface area contributed by atoms with Crippen LogP contribution in [0.25, 0.3) is 0 Å². The number of esters is 1. The van der Waals surface area contributed by atoms with Crippen LogP contribution >= 0.6 is 23.4 Å². The number of nitrogens with zero attached hydrogens (tertiary/aromatic N) is 1. The van der Waals surface area contributed by atoms with Crippen molar-refractivity contribution in [3.05, 3.63) is 58.9 Å². The number of nitrogens with one attached hydrogen (secondary N) is 1. The lowest BCUT2D eigenvalue weighted by atomic mass is 9.94. The molecular formula is C24H26ClFN2O4S. The number of hydrogen-bond donors (Lipinski definition) is 1. The number of amides is 2. The molecule has 3 rings (SSSR count). The van der Waals surface area contributed by atoms with Gasteiger partial charge in [-0.15, -0.1) is 11.8 Å². The molecule has 1 saturated carbocycles. The number of anilines is 1. The van der Waals surface area contributed by atoms with Crippen LogP contribution in [0.4, 0.5) is 10.1 Å². The number of thioether (sulfide) groups is 1. The molecule has 6 nitrogen and oxygen atoms in total. The first kappa shape index (κ1) is 25.1. The van der Waals surface area contributed by atoms with Crippen molar-refractivity contribution in [1.82, 2.24) is 4.90 Å². The predicted octanol–water partition coefficient (Wildman–Crippen LogP) is 5.16. The lowest BCUT2D eigenvalue weighted by Gasteiger charge is -2.31. The first-order valence-electron chi connectivity index (χ1n) is 10.7. The van der Waals surface area contributed by atoms with Gasteiger partial charge in [0.15, 0.2) is 6.61 Å². The number of halogens is 2. The molecular weight excluding hydrogens is 467 g/mol. The van der Waals surface area contributed by atoms with E-state index in [0.29, 0.717) is 4.90 Å². The van der Waals surface area contributed by atoms with Crippen molar-refractivity contribution < 1.29 is 23.5 Å². The Labute approximate surface area is 201 Å². The van der Waals surface area contributed by atoms with Gasteiger partial charge in [-0.25, -0.2) is 9.18 Å². The maximum Gasteiger partial charge on any atom is 0.339 e. The Hall–Kier alpha value is -2.58. The first-order valence-corrected chi connectivity index (χ1v) is 12.1. The lowest BCUT2D eigenvalue weighted by molar-refractivity contribution is -0.129. The van der Waals surface area contributed by atoms with E-state index in [9.17, 15) is 18.8 Å². The topological polar surface area (TPSA) is 75.7 Å². The van der Waals surface area contributed by atoms with Gasteiger partial charge in [0.05, 0.1) is 22.0 Å². The van der Waals surface area contributed by atoms with Gasteiger partial charge in [0.2, 0.25) is 5.91 Å². The van der Waals surface area contributed by atoms with Crippen LogP contribution in [-0.4, -0.2) is 48.1 Å². The number of ether oxygens (including phenoxy) is 1. The van der Waals surface area contributed by atoms with E-state index in [1.165, 1.54) is 24.2 Å². The van der Waals surface area contributed by atoms with E-state index >= 15 is 0 Å². The van der Waals surface area contributed by atoms with E-state index in [1.54, 1.807) is 24.3 Å². The van der Waals surface area contributed by atoms with Crippen LogP contribution < -0.4 is 5.32 Å². The highest BCUT2D eigenvalue weighted by Gasteiger charge is 2.23. The molecule has 9 heteroatoms. The average molecular weight is 493 g/mol. The fraction of sp³-hybridized carbons (Fsp3) is 0.375. The Morgan fingerprint density at radius 1 is 1.15 bits per heavy atom. The molecule has 0 heterocycles. The maximum absolute atomic E-state index is 13.1.